The summed E-state index contributed by atoms with van der Waals surface area (Å²) in [5, 5.41) is 10.7. The summed E-state index contributed by atoms with van der Waals surface area (Å²) in [6.45, 7) is 0.861. The van der Waals surface area contributed by atoms with Gasteiger partial charge in [-0.3, -0.25) is 9.88 Å². The van der Waals surface area contributed by atoms with Crippen LogP contribution in [0.2, 0.25) is 0 Å². The summed E-state index contributed by atoms with van der Waals surface area (Å²) in [5.41, 5.74) is 0.677. The van der Waals surface area contributed by atoms with Gasteiger partial charge in [-0.2, -0.15) is 0 Å². The number of nitrogens with zero attached hydrogens (tertiary/aromatic N) is 4. The predicted molar refractivity (Wildman–Crippen MR) is 147 cm³/mol. The minimum absolute atomic E-state index is 0.0237. The van der Waals surface area contributed by atoms with Gasteiger partial charge < -0.3 is 14.9 Å². The molecule has 1 N–H and O–H groups in total. The van der Waals surface area contributed by atoms with E-state index in [9.17, 15) is 18.7 Å². The summed E-state index contributed by atoms with van der Waals surface area (Å²) in [6.07, 6.45) is 4.96. The maximum absolute atomic E-state index is 15.8. The molecule has 3 atom stereocenters. The molecule has 2 aliphatic heterocycles. The van der Waals surface area contributed by atoms with Crippen molar-refractivity contribution in [3.8, 4) is 0 Å². The van der Waals surface area contributed by atoms with Crippen LogP contribution in [0.15, 0.2) is 79.1 Å². The maximum atomic E-state index is 15.8. The lowest BCUT2D eigenvalue weighted by Gasteiger charge is -2.41. The van der Waals surface area contributed by atoms with Crippen LogP contribution < -0.4 is 0 Å². The number of urea groups is 1. The highest BCUT2D eigenvalue weighted by Gasteiger charge is 2.47. The number of carbonyl (C=O) groups excluding carboxylic acids is 1. The minimum Gasteiger partial charge on any atom is -0.393 e. The Labute approximate surface area is 232 Å². The van der Waals surface area contributed by atoms with Crippen molar-refractivity contribution in [3.63, 3.8) is 0 Å². The minimum atomic E-state index is -1.33. The van der Waals surface area contributed by atoms with Crippen LogP contribution >= 0.6 is 0 Å². The van der Waals surface area contributed by atoms with Crippen molar-refractivity contribution in [1.82, 2.24) is 19.7 Å². The quantitative estimate of drug-likeness (QED) is 0.469. The van der Waals surface area contributed by atoms with E-state index in [1.807, 2.05) is 23.1 Å². The van der Waals surface area contributed by atoms with E-state index in [2.05, 4.69) is 4.98 Å². The average Bonchev–Trinajstić information content (AvgIpc) is 3.28. The second-order valence-corrected chi connectivity index (χ2v) is 10.5. The average molecular weight is 551 g/mol. The monoisotopic (exact) mass is 550 g/mol. The Hall–Kier alpha value is -3.69. The molecule has 2 aliphatic rings. The normalized spacial score (nSPS) is 23.5. The molecule has 210 valence electrons. The van der Waals surface area contributed by atoms with Crippen LogP contribution in [0.25, 0.3) is 5.57 Å². The van der Waals surface area contributed by atoms with E-state index in [0.717, 1.165) is 23.8 Å². The Morgan fingerprint density at radius 3 is 2.67 bits per heavy atom. The number of amides is 2. The number of rotatable bonds is 6. The second kappa shape index (κ2) is 11.8. The Morgan fingerprint density at radius 2 is 1.95 bits per heavy atom. The fraction of sp³-hybridized carbons (Fsp3) is 0.355. The van der Waals surface area contributed by atoms with E-state index < -0.39 is 42.0 Å². The van der Waals surface area contributed by atoms with E-state index in [-0.39, 0.29) is 18.7 Å². The summed E-state index contributed by atoms with van der Waals surface area (Å²) >= 11 is 0. The van der Waals surface area contributed by atoms with Crippen LogP contribution in [-0.2, 0) is 12.1 Å². The third-order valence-electron chi connectivity index (χ3n) is 8.00. The van der Waals surface area contributed by atoms with Gasteiger partial charge in [-0.05, 0) is 66.4 Å². The van der Waals surface area contributed by atoms with Gasteiger partial charge >= 0.3 is 6.03 Å². The Morgan fingerprint density at radius 1 is 1.15 bits per heavy atom. The van der Waals surface area contributed by atoms with Gasteiger partial charge in [0.2, 0.25) is 0 Å². The zero-order chi connectivity index (χ0) is 28.3. The highest BCUT2D eigenvalue weighted by atomic mass is 19.1. The number of hydrogen-bond donors (Lipinski definition) is 1. The number of alkyl halides is 1. The molecule has 5 rings (SSSR count). The first-order valence-electron chi connectivity index (χ1n) is 13.5. The standard InChI is InChI=1S/C31H33F3N4O2/c1-36(29-10-6-14-37(20-28(29)34)18-22-7-5-13-35-17-22)30(40)38-19-23(26-15-25(32)11-12-27(26)33)16-31(38,21-39)24-8-3-2-4-9-24/h2-5,7-9,11-13,15-17,28-29,39H,6,10,14,18-21H2,1H3/t28?,29?,31-/m1/s1. The van der Waals surface area contributed by atoms with Crippen molar-refractivity contribution in [1.29, 1.82) is 0 Å². The van der Waals surface area contributed by atoms with E-state index in [0.29, 0.717) is 37.1 Å². The molecule has 3 heterocycles. The summed E-state index contributed by atoms with van der Waals surface area (Å²) in [5.74, 6) is -1.24. The van der Waals surface area contributed by atoms with Gasteiger partial charge in [0, 0.05) is 44.6 Å². The molecule has 0 bridgehead atoms. The lowest BCUT2D eigenvalue weighted by Crippen LogP contribution is -2.56. The fourth-order valence-corrected chi connectivity index (χ4v) is 5.88. The van der Waals surface area contributed by atoms with Gasteiger partial charge in [0.1, 0.15) is 23.3 Å². The lowest BCUT2D eigenvalue weighted by atomic mass is 9.89. The predicted octanol–water partition coefficient (Wildman–Crippen LogP) is 5.00. The van der Waals surface area contributed by atoms with Gasteiger partial charge in [-0.1, -0.05) is 36.4 Å². The smallest absolute Gasteiger partial charge is 0.321 e. The van der Waals surface area contributed by atoms with Crippen LogP contribution in [0, 0.1) is 11.6 Å². The van der Waals surface area contributed by atoms with Gasteiger partial charge in [0.15, 0.2) is 0 Å². The molecule has 2 amide bonds. The van der Waals surface area contributed by atoms with E-state index in [1.165, 1.54) is 9.80 Å². The van der Waals surface area contributed by atoms with E-state index in [4.69, 9.17) is 0 Å². The maximum Gasteiger partial charge on any atom is 0.321 e. The van der Waals surface area contributed by atoms with Crippen molar-refractivity contribution in [3.05, 3.63) is 107 Å². The van der Waals surface area contributed by atoms with Gasteiger partial charge in [0.25, 0.3) is 0 Å². The summed E-state index contributed by atoms with van der Waals surface area (Å²) in [7, 11) is 1.57. The van der Waals surface area contributed by atoms with Gasteiger partial charge in [-0.25, -0.2) is 18.0 Å². The molecular formula is C31H33F3N4O2. The molecule has 1 saturated heterocycles. The summed E-state index contributed by atoms with van der Waals surface area (Å²) in [6, 6.07) is 14.7. The van der Waals surface area contributed by atoms with Crippen molar-refractivity contribution in [2.24, 2.45) is 0 Å². The van der Waals surface area contributed by atoms with Crippen molar-refractivity contribution in [2.75, 3.05) is 33.3 Å². The number of benzene rings is 2. The van der Waals surface area contributed by atoms with Crippen molar-refractivity contribution < 1.29 is 23.1 Å². The SMILES string of the molecule is CN(C(=O)N1CC(c2cc(F)ccc2F)=C[C@@]1(CO)c1ccccc1)C1CCCN(Cc2cccnc2)CC1F. The number of carbonyl (C=O) groups is 1. The third-order valence-corrected chi connectivity index (χ3v) is 8.00. The fourth-order valence-electron chi connectivity index (χ4n) is 5.88. The molecule has 40 heavy (non-hydrogen) atoms. The molecule has 0 spiro atoms. The first-order valence-corrected chi connectivity index (χ1v) is 13.5. The highest BCUT2D eigenvalue weighted by molar-refractivity contribution is 5.83. The van der Waals surface area contributed by atoms with Crippen LogP contribution in [0.3, 0.4) is 0 Å². The highest BCUT2D eigenvalue weighted by Crippen LogP contribution is 2.41. The van der Waals surface area contributed by atoms with Gasteiger partial charge in [0.05, 0.1) is 12.6 Å². The molecule has 2 unspecified atom stereocenters. The molecule has 3 aromatic rings. The Balaban J connectivity index is 1.42. The van der Waals surface area contributed by atoms with Crippen LogP contribution in [0.4, 0.5) is 18.0 Å². The molecule has 1 fully saturated rings. The molecule has 6 nitrogen and oxygen atoms in total. The number of halogens is 3. The summed E-state index contributed by atoms with van der Waals surface area (Å²) < 4.78 is 44.7. The molecule has 2 aromatic carbocycles. The van der Waals surface area contributed by atoms with Crippen molar-refractivity contribution in [2.45, 2.75) is 37.1 Å². The number of aromatic nitrogens is 1. The number of likely N-dealkylation sites (tertiary alicyclic amines) is 1. The van der Waals surface area contributed by atoms with Crippen LogP contribution in [0.5, 0.6) is 0 Å². The first kappa shape index (κ1) is 27.9. The molecular weight excluding hydrogens is 517 g/mol. The molecule has 0 aliphatic carbocycles. The number of aliphatic hydroxyl groups is 1. The van der Waals surface area contributed by atoms with E-state index >= 15 is 4.39 Å². The summed E-state index contributed by atoms with van der Waals surface area (Å²) in [4.78, 5) is 23.1. The molecule has 1 aromatic heterocycles. The largest absolute Gasteiger partial charge is 0.393 e. The lowest BCUT2D eigenvalue weighted by molar-refractivity contribution is 0.0633. The molecule has 0 radical (unpaired) electrons. The zero-order valence-electron chi connectivity index (χ0n) is 22.4. The van der Waals surface area contributed by atoms with Crippen LogP contribution in [-0.4, -0.2) is 76.3 Å². The number of aliphatic hydroxyl groups excluding tert-OH is 1. The topological polar surface area (TPSA) is 59.9 Å². The Kier molecular flexibility index (Phi) is 8.23. The molecule has 0 saturated carbocycles. The number of hydrogen-bond acceptors (Lipinski definition) is 4. The molecule has 9 heteroatoms. The third kappa shape index (κ3) is 5.48. The Bertz CT molecular complexity index is 1360. The zero-order valence-corrected chi connectivity index (χ0v) is 22.4. The van der Waals surface area contributed by atoms with E-state index in [1.54, 1.807) is 49.8 Å². The van der Waals surface area contributed by atoms with Gasteiger partial charge in [-0.15, -0.1) is 0 Å². The van der Waals surface area contributed by atoms with Crippen LogP contribution in [0.1, 0.15) is 29.5 Å². The second-order valence-electron chi connectivity index (χ2n) is 10.5. The van der Waals surface area contributed by atoms with Crippen molar-refractivity contribution >= 4 is 11.6 Å². The number of pyridine rings is 1. The first-order chi connectivity index (χ1) is 19.3.